The molecule has 2 aromatic rings. The monoisotopic (exact) mass is 327 g/mol. The van der Waals surface area contributed by atoms with Crippen molar-refractivity contribution >= 4 is 38.6 Å². The van der Waals surface area contributed by atoms with Crippen LogP contribution in [0.2, 0.25) is 5.02 Å². The molecule has 0 spiro atoms. The highest BCUT2D eigenvalue weighted by atomic mass is 35.5. The molecule has 4 nitrogen and oxygen atoms in total. The molecule has 0 fully saturated rings. The topological polar surface area (TPSA) is 56.1 Å². The van der Waals surface area contributed by atoms with Gasteiger partial charge in [0, 0.05) is 28.7 Å². The first-order chi connectivity index (χ1) is 9.65. The molecule has 6 heteroatoms. The molecule has 21 heavy (non-hydrogen) atoms. The fraction of sp³-hybridized carbons (Fsp3) is 0.400. The lowest BCUT2D eigenvalue weighted by atomic mass is 10.2. The highest BCUT2D eigenvalue weighted by Gasteiger charge is 2.28. The van der Waals surface area contributed by atoms with Gasteiger partial charge in [-0.15, -0.1) is 0 Å². The highest BCUT2D eigenvalue weighted by molar-refractivity contribution is 7.92. The van der Waals surface area contributed by atoms with Crippen molar-refractivity contribution in [2.75, 3.05) is 5.75 Å². The van der Waals surface area contributed by atoms with E-state index in [0.29, 0.717) is 17.1 Å². The summed E-state index contributed by atoms with van der Waals surface area (Å²) in [6.07, 6.45) is 2.44. The van der Waals surface area contributed by atoms with Gasteiger partial charge in [-0.2, -0.15) is 0 Å². The van der Waals surface area contributed by atoms with Crippen molar-refractivity contribution in [1.82, 2.24) is 4.57 Å². The number of sulfone groups is 1. The van der Waals surface area contributed by atoms with E-state index in [4.69, 9.17) is 11.6 Å². The van der Waals surface area contributed by atoms with Gasteiger partial charge in [-0.1, -0.05) is 17.7 Å². The first-order valence-electron chi connectivity index (χ1n) is 6.61. The smallest absolute Gasteiger partial charge is 0.156 e. The molecule has 0 aliphatic carbocycles. The second kappa shape index (κ2) is 5.46. The molecular weight excluding hydrogens is 310 g/mol. The van der Waals surface area contributed by atoms with Gasteiger partial charge in [0.2, 0.25) is 0 Å². The zero-order valence-corrected chi connectivity index (χ0v) is 13.8. The van der Waals surface area contributed by atoms with Gasteiger partial charge < -0.3 is 4.57 Å². The SMILES string of the molecule is CC(C)(C)S(=O)(=O)CCn1cc(C=O)c2ccc(Cl)cc21. The Labute approximate surface area is 129 Å². The van der Waals surface area contributed by atoms with Gasteiger partial charge in [-0.3, -0.25) is 4.79 Å². The van der Waals surface area contributed by atoms with Gasteiger partial charge in [0.25, 0.3) is 0 Å². The van der Waals surface area contributed by atoms with Crippen LogP contribution in [0.15, 0.2) is 24.4 Å². The molecule has 0 unspecified atom stereocenters. The van der Waals surface area contributed by atoms with Crippen LogP contribution < -0.4 is 0 Å². The van der Waals surface area contributed by atoms with Crippen LogP contribution in [0.3, 0.4) is 0 Å². The summed E-state index contributed by atoms with van der Waals surface area (Å²) in [4.78, 5) is 11.1. The number of carbonyl (C=O) groups excluding carboxylic acids is 1. The van der Waals surface area contributed by atoms with E-state index in [0.717, 1.165) is 17.2 Å². The molecular formula is C15H18ClNO3S. The minimum atomic E-state index is -3.21. The van der Waals surface area contributed by atoms with E-state index in [1.807, 2.05) is 0 Å². The van der Waals surface area contributed by atoms with Crippen LogP contribution in [-0.2, 0) is 16.4 Å². The van der Waals surface area contributed by atoms with Gasteiger partial charge in [0.1, 0.15) is 0 Å². The Hall–Kier alpha value is -1.33. The van der Waals surface area contributed by atoms with Crippen molar-refractivity contribution in [1.29, 1.82) is 0 Å². The predicted octanol–water partition coefficient (Wildman–Crippen LogP) is 3.32. The van der Waals surface area contributed by atoms with E-state index in [1.165, 1.54) is 0 Å². The summed E-state index contributed by atoms with van der Waals surface area (Å²) >= 11 is 5.99. The Balaban J connectivity index is 2.40. The van der Waals surface area contributed by atoms with Crippen molar-refractivity contribution in [3.05, 3.63) is 35.0 Å². The molecule has 1 aromatic heterocycles. The summed E-state index contributed by atoms with van der Waals surface area (Å²) in [5.41, 5.74) is 1.31. The molecule has 0 radical (unpaired) electrons. The van der Waals surface area contributed by atoms with E-state index in [2.05, 4.69) is 0 Å². The maximum absolute atomic E-state index is 12.2. The van der Waals surface area contributed by atoms with Gasteiger partial charge in [0.15, 0.2) is 16.1 Å². The zero-order valence-electron chi connectivity index (χ0n) is 12.3. The van der Waals surface area contributed by atoms with Crippen molar-refractivity contribution in [3.8, 4) is 0 Å². The van der Waals surface area contributed by atoms with Crippen molar-refractivity contribution in [3.63, 3.8) is 0 Å². The number of benzene rings is 1. The fourth-order valence-corrected chi connectivity index (χ4v) is 3.31. The Morgan fingerprint density at radius 2 is 1.95 bits per heavy atom. The summed E-state index contributed by atoms with van der Waals surface area (Å²) in [5, 5.41) is 1.33. The quantitative estimate of drug-likeness (QED) is 0.809. The average Bonchev–Trinajstić information content (AvgIpc) is 2.72. The minimum Gasteiger partial charge on any atom is -0.346 e. The van der Waals surface area contributed by atoms with Crippen molar-refractivity contribution in [2.24, 2.45) is 0 Å². The van der Waals surface area contributed by atoms with Gasteiger partial charge in [0.05, 0.1) is 16.0 Å². The third-order valence-corrected chi connectivity index (χ3v) is 6.36. The highest BCUT2D eigenvalue weighted by Crippen LogP contribution is 2.25. The number of carbonyl (C=O) groups is 1. The Morgan fingerprint density at radius 1 is 1.29 bits per heavy atom. The van der Waals surface area contributed by atoms with Crippen molar-refractivity contribution < 1.29 is 13.2 Å². The van der Waals surface area contributed by atoms with Crippen LogP contribution in [0.25, 0.3) is 10.9 Å². The van der Waals surface area contributed by atoms with Crippen LogP contribution in [0.4, 0.5) is 0 Å². The molecule has 1 heterocycles. The second-order valence-corrected chi connectivity index (χ2v) is 9.29. The summed E-state index contributed by atoms with van der Waals surface area (Å²) in [5.74, 6) is 0.0189. The Morgan fingerprint density at radius 3 is 2.52 bits per heavy atom. The number of fused-ring (bicyclic) bond motifs is 1. The number of hydrogen-bond donors (Lipinski definition) is 0. The normalized spacial score (nSPS) is 12.8. The lowest BCUT2D eigenvalue weighted by Crippen LogP contribution is -2.31. The largest absolute Gasteiger partial charge is 0.346 e. The van der Waals surface area contributed by atoms with Crippen LogP contribution in [0, 0.1) is 0 Å². The van der Waals surface area contributed by atoms with Gasteiger partial charge in [-0.25, -0.2) is 8.42 Å². The van der Waals surface area contributed by atoms with Crippen LogP contribution in [0.5, 0.6) is 0 Å². The fourth-order valence-electron chi connectivity index (χ4n) is 2.10. The molecule has 0 amide bonds. The molecule has 0 N–H and O–H groups in total. The summed E-state index contributed by atoms with van der Waals surface area (Å²) in [6.45, 7) is 5.35. The molecule has 0 saturated heterocycles. The summed E-state index contributed by atoms with van der Waals surface area (Å²) in [6, 6.07) is 5.23. The number of nitrogens with zero attached hydrogens (tertiary/aromatic N) is 1. The second-order valence-electron chi connectivity index (χ2n) is 5.99. The molecule has 1 aromatic carbocycles. The number of aldehydes is 1. The summed E-state index contributed by atoms with van der Waals surface area (Å²) < 4.78 is 25.4. The first-order valence-corrected chi connectivity index (χ1v) is 8.64. The molecule has 0 aliphatic heterocycles. The minimum absolute atomic E-state index is 0.0189. The predicted molar refractivity (Wildman–Crippen MR) is 85.9 cm³/mol. The standard InChI is InChI=1S/C15H18ClNO3S/c1-15(2,3)21(19,20)7-6-17-9-11(10-18)13-5-4-12(16)8-14(13)17/h4-5,8-10H,6-7H2,1-3H3. The zero-order chi connectivity index (χ0) is 15.8. The molecule has 114 valence electrons. The van der Waals surface area contributed by atoms with Crippen LogP contribution in [0.1, 0.15) is 31.1 Å². The maximum atomic E-state index is 12.2. The molecule has 0 bridgehead atoms. The molecule has 0 saturated carbocycles. The third-order valence-electron chi connectivity index (χ3n) is 3.54. The van der Waals surface area contributed by atoms with Crippen LogP contribution in [-0.4, -0.2) is 29.8 Å². The average molecular weight is 328 g/mol. The number of hydrogen-bond acceptors (Lipinski definition) is 3. The van der Waals surface area contributed by atoms with E-state index in [1.54, 1.807) is 49.7 Å². The lowest BCUT2D eigenvalue weighted by molar-refractivity contribution is 0.112. The summed E-state index contributed by atoms with van der Waals surface area (Å²) in [7, 11) is -3.21. The number of aromatic nitrogens is 1. The number of halogens is 1. The Kier molecular flexibility index (Phi) is 4.17. The van der Waals surface area contributed by atoms with Gasteiger partial charge >= 0.3 is 0 Å². The first kappa shape index (κ1) is 16.0. The molecule has 2 rings (SSSR count). The van der Waals surface area contributed by atoms with E-state index < -0.39 is 14.6 Å². The number of aryl methyl sites for hydroxylation is 1. The third kappa shape index (κ3) is 3.14. The molecule has 0 aliphatic rings. The lowest BCUT2D eigenvalue weighted by Gasteiger charge is -2.19. The van der Waals surface area contributed by atoms with E-state index in [-0.39, 0.29) is 5.75 Å². The van der Waals surface area contributed by atoms with E-state index >= 15 is 0 Å². The number of rotatable bonds is 4. The molecule has 0 atom stereocenters. The van der Waals surface area contributed by atoms with Crippen LogP contribution >= 0.6 is 11.6 Å². The van der Waals surface area contributed by atoms with Crippen molar-refractivity contribution in [2.45, 2.75) is 32.1 Å². The van der Waals surface area contributed by atoms with E-state index in [9.17, 15) is 13.2 Å². The van der Waals surface area contributed by atoms with Gasteiger partial charge in [-0.05, 0) is 32.9 Å². The maximum Gasteiger partial charge on any atom is 0.156 e. The Bertz CT molecular complexity index is 785.